The number of pyridine rings is 1. The number of amides is 1. The Morgan fingerprint density at radius 2 is 2.17 bits per heavy atom. The molecule has 0 fully saturated rings. The molecule has 0 spiro atoms. The fourth-order valence-electron chi connectivity index (χ4n) is 2.05. The summed E-state index contributed by atoms with van der Waals surface area (Å²) >= 11 is 0. The van der Waals surface area contributed by atoms with Crippen molar-refractivity contribution in [3.8, 4) is 5.88 Å². The summed E-state index contributed by atoms with van der Waals surface area (Å²) in [6, 6.07) is 1.87. The number of aromatic nitrogens is 1. The second-order valence-electron chi connectivity index (χ2n) is 3.86. The lowest BCUT2D eigenvalue weighted by atomic mass is 9.97. The highest BCUT2D eigenvalue weighted by Crippen LogP contribution is 2.30. The number of rotatable bonds is 2. The number of hydrogen-bond acceptors (Lipinski definition) is 4. The Hall–Kier alpha value is -2.31. The van der Waals surface area contributed by atoms with Crippen molar-refractivity contribution in [3.63, 3.8) is 0 Å². The van der Waals surface area contributed by atoms with Gasteiger partial charge in [0.1, 0.15) is 0 Å². The Labute approximate surface area is 103 Å². The van der Waals surface area contributed by atoms with Gasteiger partial charge in [0.15, 0.2) is 6.04 Å². The van der Waals surface area contributed by atoms with Gasteiger partial charge in [0.25, 0.3) is 0 Å². The average molecular weight is 252 g/mol. The van der Waals surface area contributed by atoms with Crippen molar-refractivity contribution in [2.75, 3.05) is 13.7 Å². The molecule has 1 aromatic heterocycles. The minimum Gasteiger partial charge on any atom is -0.481 e. The number of nitrogens with zero attached hydrogens (tertiary/aromatic N) is 2. The van der Waals surface area contributed by atoms with Gasteiger partial charge in [-0.15, -0.1) is 0 Å². The summed E-state index contributed by atoms with van der Waals surface area (Å²) < 4.78 is 4.96. The Kier molecular flexibility index (Phi) is 3.05. The second kappa shape index (κ2) is 4.52. The first-order valence-corrected chi connectivity index (χ1v) is 5.30. The second-order valence-corrected chi connectivity index (χ2v) is 3.86. The van der Waals surface area contributed by atoms with E-state index in [0.29, 0.717) is 23.6 Å². The molecule has 1 unspecified atom stereocenters. The first-order chi connectivity index (χ1) is 8.54. The van der Waals surface area contributed by atoms with Crippen LogP contribution in [0.15, 0.2) is 12.1 Å². The number of carboxylic acids is 1. The van der Waals surface area contributed by atoms with Crippen molar-refractivity contribution in [2.24, 2.45) is 0 Å². The topological polar surface area (TPSA) is 100.0 Å². The summed E-state index contributed by atoms with van der Waals surface area (Å²) in [6.07, 6.45) is -0.869. The molecule has 7 heteroatoms. The zero-order chi connectivity index (χ0) is 13.3. The van der Waals surface area contributed by atoms with Gasteiger partial charge < -0.3 is 14.9 Å². The first kappa shape index (κ1) is 12.2. The standard InChI is InChI=1S/C11H12N2O5/c1-18-8-3-2-6-7(12-8)4-5-13(11(16)17)9(6)10(14)15/h2-3,9H,4-5H2,1H3,(H,14,15)(H,16,17). The lowest BCUT2D eigenvalue weighted by molar-refractivity contribution is -0.143. The Morgan fingerprint density at radius 3 is 2.72 bits per heavy atom. The van der Waals surface area contributed by atoms with E-state index in [4.69, 9.17) is 14.9 Å². The molecular formula is C11H12N2O5. The molecule has 1 aliphatic heterocycles. The van der Waals surface area contributed by atoms with E-state index in [0.717, 1.165) is 4.90 Å². The van der Waals surface area contributed by atoms with Crippen LogP contribution in [0.25, 0.3) is 0 Å². The van der Waals surface area contributed by atoms with E-state index >= 15 is 0 Å². The van der Waals surface area contributed by atoms with Crippen LogP contribution in [0.2, 0.25) is 0 Å². The zero-order valence-corrected chi connectivity index (χ0v) is 9.66. The quantitative estimate of drug-likeness (QED) is 0.805. The molecule has 18 heavy (non-hydrogen) atoms. The number of hydrogen-bond donors (Lipinski definition) is 2. The Balaban J connectivity index is 2.46. The van der Waals surface area contributed by atoms with Crippen LogP contribution in [0.5, 0.6) is 5.88 Å². The van der Waals surface area contributed by atoms with Crippen LogP contribution in [-0.4, -0.2) is 45.8 Å². The van der Waals surface area contributed by atoms with Crippen molar-refractivity contribution in [3.05, 3.63) is 23.4 Å². The van der Waals surface area contributed by atoms with Gasteiger partial charge in [-0.05, 0) is 6.07 Å². The molecule has 2 rings (SSSR count). The van der Waals surface area contributed by atoms with Gasteiger partial charge in [0, 0.05) is 24.6 Å². The summed E-state index contributed by atoms with van der Waals surface area (Å²) in [5.74, 6) is -0.813. The maximum absolute atomic E-state index is 11.2. The Bertz CT molecular complexity index is 502. The van der Waals surface area contributed by atoms with E-state index in [1.807, 2.05) is 0 Å². The van der Waals surface area contributed by atoms with Gasteiger partial charge >= 0.3 is 12.1 Å². The number of carbonyl (C=O) groups is 2. The molecule has 0 saturated carbocycles. The largest absolute Gasteiger partial charge is 0.481 e. The van der Waals surface area contributed by atoms with Crippen LogP contribution >= 0.6 is 0 Å². The lowest BCUT2D eigenvalue weighted by Gasteiger charge is -2.31. The molecule has 1 aromatic rings. The normalized spacial score (nSPS) is 18.1. The highest BCUT2D eigenvalue weighted by Gasteiger charge is 2.36. The van der Waals surface area contributed by atoms with Crippen molar-refractivity contribution >= 4 is 12.1 Å². The monoisotopic (exact) mass is 252 g/mol. The maximum atomic E-state index is 11.2. The average Bonchev–Trinajstić information content (AvgIpc) is 2.36. The summed E-state index contributed by atoms with van der Waals surface area (Å²) in [7, 11) is 1.47. The van der Waals surface area contributed by atoms with Crippen molar-refractivity contribution in [2.45, 2.75) is 12.5 Å². The van der Waals surface area contributed by atoms with E-state index in [1.54, 1.807) is 6.07 Å². The van der Waals surface area contributed by atoms with E-state index in [1.165, 1.54) is 13.2 Å². The molecule has 96 valence electrons. The molecule has 0 aliphatic carbocycles. The third-order valence-electron chi connectivity index (χ3n) is 2.87. The fraction of sp³-hybridized carbons (Fsp3) is 0.364. The van der Waals surface area contributed by atoms with Crippen LogP contribution in [0.1, 0.15) is 17.3 Å². The van der Waals surface area contributed by atoms with E-state index < -0.39 is 18.1 Å². The first-order valence-electron chi connectivity index (χ1n) is 5.30. The summed E-state index contributed by atoms with van der Waals surface area (Å²) in [5.41, 5.74) is 0.969. The van der Waals surface area contributed by atoms with Gasteiger partial charge in [-0.2, -0.15) is 0 Å². The SMILES string of the molecule is COc1ccc2c(n1)CCN(C(=O)O)C2C(=O)O. The van der Waals surface area contributed by atoms with Crippen LogP contribution in [0.4, 0.5) is 4.79 Å². The number of fused-ring (bicyclic) bond motifs is 1. The minimum atomic E-state index is -1.25. The van der Waals surface area contributed by atoms with Gasteiger partial charge in [-0.1, -0.05) is 0 Å². The number of ether oxygens (including phenoxy) is 1. The van der Waals surface area contributed by atoms with Gasteiger partial charge in [-0.25, -0.2) is 14.6 Å². The molecule has 0 saturated heterocycles. The third-order valence-corrected chi connectivity index (χ3v) is 2.87. The smallest absolute Gasteiger partial charge is 0.408 e. The predicted molar refractivity (Wildman–Crippen MR) is 59.6 cm³/mol. The van der Waals surface area contributed by atoms with Crippen LogP contribution in [-0.2, 0) is 11.2 Å². The predicted octanol–water partition coefficient (Wildman–Crippen LogP) is 0.752. The van der Waals surface area contributed by atoms with Crippen LogP contribution in [0.3, 0.4) is 0 Å². The summed E-state index contributed by atoms with van der Waals surface area (Å²) in [6.45, 7) is 0.111. The molecule has 7 nitrogen and oxygen atoms in total. The zero-order valence-electron chi connectivity index (χ0n) is 9.66. The number of carboxylic acid groups (broad SMARTS) is 2. The minimum absolute atomic E-state index is 0.111. The van der Waals surface area contributed by atoms with Crippen molar-refractivity contribution in [1.82, 2.24) is 9.88 Å². The third kappa shape index (κ3) is 1.94. The highest BCUT2D eigenvalue weighted by atomic mass is 16.5. The summed E-state index contributed by atoms with van der Waals surface area (Å²) in [5, 5.41) is 18.2. The molecular weight excluding hydrogens is 240 g/mol. The van der Waals surface area contributed by atoms with Gasteiger partial charge in [0.2, 0.25) is 5.88 Å². The molecule has 0 radical (unpaired) electrons. The fourth-order valence-corrected chi connectivity index (χ4v) is 2.05. The molecule has 1 amide bonds. The highest BCUT2D eigenvalue weighted by molar-refractivity contribution is 5.81. The molecule has 0 bridgehead atoms. The molecule has 1 aliphatic rings. The van der Waals surface area contributed by atoms with Crippen molar-refractivity contribution in [1.29, 1.82) is 0 Å². The maximum Gasteiger partial charge on any atom is 0.408 e. The van der Waals surface area contributed by atoms with Crippen molar-refractivity contribution < 1.29 is 24.5 Å². The van der Waals surface area contributed by atoms with Crippen LogP contribution < -0.4 is 4.74 Å². The molecule has 2 N–H and O–H groups in total. The van der Waals surface area contributed by atoms with E-state index in [-0.39, 0.29) is 6.54 Å². The number of methoxy groups -OCH3 is 1. The molecule has 0 aromatic carbocycles. The number of aliphatic carboxylic acids is 1. The lowest BCUT2D eigenvalue weighted by Crippen LogP contribution is -2.43. The van der Waals surface area contributed by atoms with Gasteiger partial charge in [-0.3, -0.25) is 4.90 Å². The van der Waals surface area contributed by atoms with E-state index in [9.17, 15) is 9.59 Å². The van der Waals surface area contributed by atoms with E-state index in [2.05, 4.69) is 4.98 Å². The molecule has 1 atom stereocenters. The molecule has 2 heterocycles. The van der Waals surface area contributed by atoms with Gasteiger partial charge in [0.05, 0.1) is 12.8 Å². The van der Waals surface area contributed by atoms with Crippen LogP contribution in [0, 0.1) is 0 Å². The summed E-state index contributed by atoms with van der Waals surface area (Å²) in [4.78, 5) is 27.3. The Morgan fingerprint density at radius 1 is 1.44 bits per heavy atom.